The summed E-state index contributed by atoms with van der Waals surface area (Å²) in [6.07, 6.45) is 0.556. The second-order valence-electron chi connectivity index (χ2n) is 3.74. The zero-order valence-corrected chi connectivity index (χ0v) is 9.84. The lowest BCUT2D eigenvalue weighted by Gasteiger charge is -2.14. The normalized spacial score (nSPS) is 11.6. The molecule has 0 heterocycles. The number of benzene rings is 1. The van der Waals surface area contributed by atoms with Crippen molar-refractivity contribution in [3.63, 3.8) is 0 Å². The summed E-state index contributed by atoms with van der Waals surface area (Å²) in [5.74, 6) is 0.233. The van der Waals surface area contributed by atoms with Crippen molar-refractivity contribution in [3.8, 4) is 11.8 Å². The minimum atomic E-state index is -0.478. The topological polar surface area (TPSA) is 76.2 Å². The molecule has 1 aromatic carbocycles. The molecule has 0 bridgehead atoms. The molecule has 0 saturated heterocycles. The van der Waals surface area contributed by atoms with Gasteiger partial charge in [-0.2, -0.15) is 5.26 Å². The van der Waals surface area contributed by atoms with Gasteiger partial charge in [-0.3, -0.25) is 10.1 Å². The van der Waals surface area contributed by atoms with Gasteiger partial charge < -0.3 is 4.74 Å². The monoisotopic (exact) mass is 234 g/mol. The third-order valence-electron chi connectivity index (χ3n) is 2.38. The van der Waals surface area contributed by atoms with E-state index in [-0.39, 0.29) is 24.0 Å². The van der Waals surface area contributed by atoms with Crippen LogP contribution in [0.3, 0.4) is 0 Å². The molecule has 17 heavy (non-hydrogen) atoms. The molecule has 90 valence electrons. The van der Waals surface area contributed by atoms with Gasteiger partial charge in [-0.05, 0) is 25.0 Å². The van der Waals surface area contributed by atoms with Gasteiger partial charge in [-0.1, -0.05) is 13.0 Å². The summed E-state index contributed by atoms with van der Waals surface area (Å²) in [5.41, 5.74) is 0.824. The molecule has 1 atom stereocenters. The molecule has 0 N–H and O–H groups in total. The van der Waals surface area contributed by atoms with Gasteiger partial charge in [0, 0.05) is 6.07 Å². The maximum Gasteiger partial charge on any atom is 0.310 e. The van der Waals surface area contributed by atoms with Gasteiger partial charge in [0.2, 0.25) is 0 Å². The van der Waals surface area contributed by atoms with Crippen LogP contribution in [0.4, 0.5) is 5.69 Å². The lowest BCUT2D eigenvalue weighted by atomic mass is 10.2. The Morgan fingerprint density at radius 2 is 2.29 bits per heavy atom. The zero-order chi connectivity index (χ0) is 12.8. The number of hydrogen-bond acceptors (Lipinski definition) is 4. The fourth-order valence-corrected chi connectivity index (χ4v) is 1.42. The predicted molar refractivity (Wildman–Crippen MR) is 62.8 cm³/mol. The van der Waals surface area contributed by atoms with Gasteiger partial charge in [0.1, 0.15) is 6.10 Å². The predicted octanol–water partition coefficient (Wildman–Crippen LogP) is 2.97. The van der Waals surface area contributed by atoms with E-state index < -0.39 is 4.92 Å². The molecule has 0 aliphatic heterocycles. The third kappa shape index (κ3) is 3.45. The first kappa shape index (κ1) is 13.0. The van der Waals surface area contributed by atoms with Crippen molar-refractivity contribution in [1.29, 1.82) is 5.26 Å². The maximum absolute atomic E-state index is 10.8. The van der Waals surface area contributed by atoms with Crippen LogP contribution in [0.1, 0.15) is 25.3 Å². The van der Waals surface area contributed by atoms with Crippen LogP contribution in [0.15, 0.2) is 18.2 Å². The van der Waals surface area contributed by atoms with Crippen molar-refractivity contribution < 1.29 is 9.66 Å². The number of nitrogens with zero attached hydrogens (tertiary/aromatic N) is 2. The van der Waals surface area contributed by atoms with Gasteiger partial charge in [-0.25, -0.2) is 0 Å². The Morgan fingerprint density at radius 1 is 1.59 bits per heavy atom. The average molecular weight is 234 g/mol. The molecule has 5 nitrogen and oxygen atoms in total. The summed E-state index contributed by atoms with van der Waals surface area (Å²) in [6, 6.07) is 6.71. The Morgan fingerprint density at radius 3 is 2.82 bits per heavy atom. The van der Waals surface area contributed by atoms with Crippen LogP contribution in [0.2, 0.25) is 0 Å². The van der Waals surface area contributed by atoms with Gasteiger partial charge in [-0.15, -0.1) is 0 Å². The Balaban J connectivity index is 2.99. The first-order valence-electron chi connectivity index (χ1n) is 5.37. The van der Waals surface area contributed by atoms with E-state index in [2.05, 4.69) is 0 Å². The number of nitriles is 1. The fourth-order valence-electron chi connectivity index (χ4n) is 1.42. The smallest absolute Gasteiger partial charge is 0.310 e. The number of aryl methyl sites for hydroxylation is 1. The van der Waals surface area contributed by atoms with Crippen LogP contribution < -0.4 is 4.74 Å². The fraction of sp³-hybridized carbons (Fsp3) is 0.417. The minimum absolute atomic E-state index is 0.0630. The van der Waals surface area contributed by atoms with Crippen molar-refractivity contribution in [3.05, 3.63) is 33.9 Å². The Bertz CT molecular complexity index is 452. The molecule has 0 saturated carbocycles. The van der Waals surface area contributed by atoms with E-state index in [4.69, 9.17) is 10.00 Å². The van der Waals surface area contributed by atoms with Crippen LogP contribution in [0, 0.1) is 28.4 Å². The molecule has 0 amide bonds. The summed E-state index contributed by atoms with van der Waals surface area (Å²) in [5, 5.41) is 19.4. The van der Waals surface area contributed by atoms with Crippen LogP contribution in [0.25, 0.3) is 0 Å². The maximum atomic E-state index is 10.8. The highest BCUT2D eigenvalue weighted by Crippen LogP contribution is 2.29. The van der Waals surface area contributed by atoms with E-state index in [1.54, 1.807) is 12.1 Å². The average Bonchev–Trinajstić information content (AvgIpc) is 2.28. The quantitative estimate of drug-likeness (QED) is 0.579. The van der Waals surface area contributed by atoms with Crippen LogP contribution in [0.5, 0.6) is 5.75 Å². The molecule has 1 rings (SSSR count). The van der Waals surface area contributed by atoms with Crippen molar-refractivity contribution in [2.45, 2.75) is 32.8 Å². The van der Waals surface area contributed by atoms with Crippen LogP contribution >= 0.6 is 0 Å². The molecule has 1 unspecified atom stereocenters. The van der Waals surface area contributed by atoms with Crippen molar-refractivity contribution >= 4 is 5.69 Å². The second kappa shape index (κ2) is 5.85. The zero-order valence-electron chi connectivity index (χ0n) is 9.84. The first-order valence-corrected chi connectivity index (χ1v) is 5.37. The molecule has 0 aliphatic carbocycles. The second-order valence-corrected chi connectivity index (χ2v) is 3.74. The number of hydrogen-bond donors (Lipinski definition) is 0. The molecular weight excluding hydrogens is 220 g/mol. The minimum Gasteiger partial charge on any atom is -0.482 e. The number of ether oxygens (including phenoxy) is 1. The van der Waals surface area contributed by atoms with Gasteiger partial charge in [0.25, 0.3) is 0 Å². The van der Waals surface area contributed by atoms with Gasteiger partial charge in [0.05, 0.1) is 17.4 Å². The Kier molecular flexibility index (Phi) is 4.46. The van der Waals surface area contributed by atoms with Crippen LogP contribution in [-0.2, 0) is 0 Å². The van der Waals surface area contributed by atoms with E-state index >= 15 is 0 Å². The molecule has 0 radical (unpaired) electrons. The van der Waals surface area contributed by atoms with E-state index in [0.717, 1.165) is 5.56 Å². The summed E-state index contributed by atoms with van der Waals surface area (Å²) in [7, 11) is 0. The number of nitro groups is 1. The molecular formula is C12H14N2O3. The Hall–Kier alpha value is -2.09. The standard InChI is InChI=1S/C12H14N2O3/c1-3-10(6-7-13)17-12-8-9(2)4-5-11(12)14(15)16/h4-5,8,10H,3,6H2,1-2H3. The van der Waals surface area contributed by atoms with E-state index in [1.165, 1.54) is 6.07 Å². The van der Waals surface area contributed by atoms with Crippen molar-refractivity contribution in [2.75, 3.05) is 0 Å². The van der Waals surface area contributed by atoms with Crippen molar-refractivity contribution in [2.24, 2.45) is 0 Å². The van der Waals surface area contributed by atoms with Crippen molar-refractivity contribution in [1.82, 2.24) is 0 Å². The van der Waals surface area contributed by atoms with Gasteiger partial charge >= 0.3 is 5.69 Å². The highest BCUT2D eigenvalue weighted by Gasteiger charge is 2.18. The Labute approximate surface area is 99.8 Å². The number of rotatable bonds is 5. The summed E-state index contributed by atoms with van der Waals surface area (Å²) in [6.45, 7) is 3.71. The number of nitro benzene ring substituents is 1. The van der Waals surface area contributed by atoms with Gasteiger partial charge in [0.15, 0.2) is 5.75 Å². The summed E-state index contributed by atoms with van der Waals surface area (Å²) >= 11 is 0. The van der Waals surface area contributed by atoms with E-state index in [1.807, 2.05) is 19.9 Å². The third-order valence-corrected chi connectivity index (χ3v) is 2.38. The molecule has 0 spiro atoms. The first-order chi connectivity index (χ1) is 8.08. The molecule has 5 heteroatoms. The summed E-state index contributed by atoms with van der Waals surface area (Å²) in [4.78, 5) is 10.3. The lowest BCUT2D eigenvalue weighted by molar-refractivity contribution is -0.386. The van der Waals surface area contributed by atoms with E-state index in [9.17, 15) is 10.1 Å². The summed E-state index contributed by atoms with van der Waals surface area (Å²) < 4.78 is 5.51. The molecule has 0 aliphatic rings. The molecule has 0 fully saturated rings. The molecule has 0 aromatic heterocycles. The highest BCUT2D eigenvalue weighted by molar-refractivity contribution is 5.48. The van der Waals surface area contributed by atoms with Crippen LogP contribution in [-0.4, -0.2) is 11.0 Å². The lowest BCUT2D eigenvalue weighted by Crippen LogP contribution is -2.15. The largest absolute Gasteiger partial charge is 0.482 e. The van der Waals surface area contributed by atoms with E-state index in [0.29, 0.717) is 6.42 Å². The highest BCUT2D eigenvalue weighted by atomic mass is 16.6. The molecule has 1 aromatic rings. The SMILES string of the molecule is CCC(CC#N)Oc1cc(C)ccc1[N+](=O)[O-].